The third kappa shape index (κ3) is 4.94. The van der Waals surface area contributed by atoms with Crippen LogP contribution in [-0.2, 0) is 4.74 Å². The van der Waals surface area contributed by atoms with E-state index < -0.39 is 5.82 Å². The Morgan fingerprint density at radius 3 is 2.72 bits per heavy atom. The molecule has 0 aliphatic heterocycles. The van der Waals surface area contributed by atoms with E-state index in [9.17, 15) is 9.18 Å². The first-order valence-corrected chi connectivity index (χ1v) is 6.10. The maximum absolute atomic E-state index is 13.4. The molecule has 1 aromatic rings. The highest BCUT2D eigenvalue weighted by molar-refractivity contribution is 5.96. The van der Waals surface area contributed by atoms with Crippen LogP contribution < -0.4 is 0 Å². The number of hydrogen-bond acceptors (Lipinski definition) is 3. The van der Waals surface area contributed by atoms with Crippen molar-refractivity contribution in [1.82, 2.24) is 4.90 Å². The smallest absolute Gasteiger partial charge is 0.167 e. The van der Waals surface area contributed by atoms with Crippen LogP contribution in [0, 0.1) is 5.82 Å². The number of methoxy groups -OCH3 is 1. The minimum atomic E-state index is -0.440. The van der Waals surface area contributed by atoms with Crippen LogP contribution in [0.15, 0.2) is 24.3 Å². The molecule has 4 heteroatoms. The zero-order valence-electron chi connectivity index (χ0n) is 11.0. The lowest BCUT2D eigenvalue weighted by Crippen LogP contribution is -2.24. The third-order valence-corrected chi connectivity index (χ3v) is 2.78. The summed E-state index contributed by atoms with van der Waals surface area (Å²) in [5.74, 6) is -0.587. The first-order valence-electron chi connectivity index (χ1n) is 6.10. The molecule has 0 spiro atoms. The molecule has 0 radical (unpaired) electrons. The zero-order chi connectivity index (χ0) is 13.4. The minimum Gasteiger partial charge on any atom is -0.385 e. The second kappa shape index (κ2) is 7.95. The van der Waals surface area contributed by atoms with E-state index in [0.29, 0.717) is 19.6 Å². The van der Waals surface area contributed by atoms with Crippen LogP contribution in [-0.4, -0.2) is 44.5 Å². The lowest BCUT2D eigenvalue weighted by Gasteiger charge is -2.15. The SMILES string of the molecule is COCCCN(C)CCC(=O)c1ccccc1F. The van der Waals surface area contributed by atoms with Crippen molar-refractivity contribution in [3.05, 3.63) is 35.6 Å². The molecule has 0 aliphatic carbocycles. The Labute approximate surface area is 108 Å². The van der Waals surface area contributed by atoms with Gasteiger partial charge < -0.3 is 9.64 Å². The number of hydrogen-bond donors (Lipinski definition) is 0. The molecule has 0 N–H and O–H groups in total. The van der Waals surface area contributed by atoms with Gasteiger partial charge in [-0.1, -0.05) is 12.1 Å². The predicted octanol–water partition coefficient (Wildman–Crippen LogP) is 2.37. The second-order valence-corrected chi connectivity index (χ2v) is 4.30. The van der Waals surface area contributed by atoms with Crippen molar-refractivity contribution < 1.29 is 13.9 Å². The molecule has 18 heavy (non-hydrogen) atoms. The summed E-state index contributed by atoms with van der Waals surface area (Å²) in [6.45, 7) is 2.22. The van der Waals surface area contributed by atoms with Crippen molar-refractivity contribution in [2.45, 2.75) is 12.8 Å². The van der Waals surface area contributed by atoms with Crippen molar-refractivity contribution in [2.75, 3.05) is 33.9 Å². The van der Waals surface area contributed by atoms with Crippen LogP contribution in [0.25, 0.3) is 0 Å². The molecular weight excluding hydrogens is 233 g/mol. The molecule has 3 nitrogen and oxygen atoms in total. The number of benzene rings is 1. The zero-order valence-corrected chi connectivity index (χ0v) is 11.0. The van der Waals surface area contributed by atoms with E-state index in [0.717, 1.165) is 13.0 Å². The van der Waals surface area contributed by atoms with Crippen molar-refractivity contribution in [3.63, 3.8) is 0 Å². The van der Waals surface area contributed by atoms with E-state index in [1.807, 2.05) is 7.05 Å². The number of rotatable bonds is 8. The van der Waals surface area contributed by atoms with Crippen molar-refractivity contribution >= 4 is 5.78 Å². The Balaban J connectivity index is 2.35. The molecule has 0 unspecified atom stereocenters. The topological polar surface area (TPSA) is 29.5 Å². The summed E-state index contributed by atoms with van der Waals surface area (Å²) in [5.41, 5.74) is 0.183. The molecule has 1 rings (SSSR count). The van der Waals surface area contributed by atoms with Crippen LogP contribution in [0.4, 0.5) is 4.39 Å². The molecule has 0 atom stereocenters. The van der Waals surface area contributed by atoms with Gasteiger partial charge in [-0.25, -0.2) is 4.39 Å². The van der Waals surface area contributed by atoms with E-state index in [2.05, 4.69) is 4.90 Å². The average Bonchev–Trinajstić information content (AvgIpc) is 2.37. The molecular formula is C14H20FNO2. The van der Waals surface area contributed by atoms with Gasteiger partial charge in [0.2, 0.25) is 0 Å². The Kier molecular flexibility index (Phi) is 6.54. The van der Waals surface area contributed by atoms with Gasteiger partial charge in [0.1, 0.15) is 5.82 Å². The van der Waals surface area contributed by atoms with Crippen molar-refractivity contribution in [3.8, 4) is 0 Å². The molecule has 0 heterocycles. The van der Waals surface area contributed by atoms with Crippen LogP contribution in [0.5, 0.6) is 0 Å². The normalized spacial score (nSPS) is 10.9. The number of halogens is 1. The largest absolute Gasteiger partial charge is 0.385 e. The minimum absolute atomic E-state index is 0.147. The van der Waals surface area contributed by atoms with Gasteiger partial charge in [0, 0.05) is 33.2 Å². The summed E-state index contributed by atoms with van der Waals surface area (Å²) in [5, 5.41) is 0. The highest BCUT2D eigenvalue weighted by Gasteiger charge is 2.11. The number of Topliss-reactive ketones (excluding diaryl/α,β-unsaturated/α-hetero) is 1. The predicted molar refractivity (Wildman–Crippen MR) is 69.3 cm³/mol. The first-order chi connectivity index (χ1) is 8.65. The van der Waals surface area contributed by atoms with Gasteiger partial charge >= 0.3 is 0 Å². The fourth-order valence-corrected chi connectivity index (χ4v) is 1.71. The number of carbonyl (C=O) groups is 1. The Bertz CT molecular complexity index is 382. The van der Waals surface area contributed by atoms with Gasteiger partial charge in [0.15, 0.2) is 5.78 Å². The molecule has 0 saturated carbocycles. The Morgan fingerprint density at radius 2 is 2.06 bits per heavy atom. The summed E-state index contributed by atoms with van der Waals surface area (Å²) < 4.78 is 18.3. The first kappa shape index (κ1) is 14.8. The molecule has 1 aromatic carbocycles. The number of ether oxygens (including phenoxy) is 1. The van der Waals surface area contributed by atoms with Crippen LogP contribution in [0.1, 0.15) is 23.2 Å². The Hall–Kier alpha value is -1.26. The fraction of sp³-hybridized carbons (Fsp3) is 0.500. The maximum Gasteiger partial charge on any atom is 0.167 e. The van der Waals surface area contributed by atoms with Gasteiger partial charge in [0.25, 0.3) is 0 Å². The van der Waals surface area contributed by atoms with Gasteiger partial charge in [-0.15, -0.1) is 0 Å². The molecule has 100 valence electrons. The summed E-state index contributed by atoms with van der Waals surface area (Å²) >= 11 is 0. The quantitative estimate of drug-likeness (QED) is 0.526. The second-order valence-electron chi connectivity index (χ2n) is 4.30. The standard InChI is InChI=1S/C14H20FNO2/c1-16(9-5-11-18-2)10-8-14(17)12-6-3-4-7-13(12)15/h3-4,6-7H,5,8-11H2,1-2H3. The van der Waals surface area contributed by atoms with Gasteiger partial charge in [-0.3, -0.25) is 4.79 Å². The van der Waals surface area contributed by atoms with Gasteiger partial charge in [0.05, 0.1) is 5.56 Å². The maximum atomic E-state index is 13.4. The highest BCUT2D eigenvalue weighted by atomic mass is 19.1. The van der Waals surface area contributed by atoms with Crippen LogP contribution in [0.2, 0.25) is 0 Å². The molecule has 0 saturated heterocycles. The van der Waals surface area contributed by atoms with Crippen LogP contribution >= 0.6 is 0 Å². The monoisotopic (exact) mass is 253 g/mol. The van der Waals surface area contributed by atoms with E-state index in [-0.39, 0.29) is 11.3 Å². The summed E-state index contributed by atoms with van der Waals surface area (Å²) in [4.78, 5) is 13.9. The summed E-state index contributed by atoms with van der Waals surface area (Å²) in [6, 6.07) is 6.11. The number of nitrogens with zero attached hydrogens (tertiary/aromatic N) is 1. The van der Waals surface area contributed by atoms with E-state index in [1.165, 1.54) is 12.1 Å². The van der Waals surface area contributed by atoms with E-state index in [1.54, 1.807) is 19.2 Å². The molecule has 0 aromatic heterocycles. The molecule has 0 fully saturated rings. The van der Waals surface area contributed by atoms with Gasteiger partial charge in [-0.05, 0) is 25.6 Å². The number of carbonyl (C=O) groups excluding carboxylic acids is 1. The molecule has 0 aliphatic rings. The van der Waals surface area contributed by atoms with Crippen LogP contribution in [0.3, 0.4) is 0 Å². The van der Waals surface area contributed by atoms with E-state index >= 15 is 0 Å². The Morgan fingerprint density at radius 1 is 1.33 bits per heavy atom. The highest BCUT2D eigenvalue weighted by Crippen LogP contribution is 2.09. The fourth-order valence-electron chi connectivity index (χ4n) is 1.71. The third-order valence-electron chi connectivity index (χ3n) is 2.78. The lowest BCUT2D eigenvalue weighted by molar-refractivity contribution is 0.0963. The number of ketones is 1. The van der Waals surface area contributed by atoms with Gasteiger partial charge in [-0.2, -0.15) is 0 Å². The lowest BCUT2D eigenvalue weighted by atomic mass is 10.1. The van der Waals surface area contributed by atoms with Crippen molar-refractivity contribution in [1.29, 1.82) is 0 Å². The van der Waals surface area contributed by atoms with E-state index in [4.69, 9.17) is 4.74 Å². The average molecular weight is 253 g/mol. The summed E-state index contributed by atoms with van der Waals surface area (Å²) in [7, 11) is 3.62. The summed E-state index contributed by atoms with van der Waals surface area (Å²) in [6.07, 6.45) is 1.27. The molecule has 0 bridgehead atoms. The van der Waals surface area contributed by atoms with Crippen molar-refractivity contribution in [2.24, 2.45) is 0 Å². The molecule has 0 amide bonds.